The summed E-state index contributed by atoms with van der Waals surface area (Å²) in [5.41, 5.74) is 7.99. The van der Waals surface area contributed by atoms with Gasteiger partial charge in [-0.25, -0.2) is 9.59 Å². The van der Waals surface area contributed by atoms with Gasteiger partial charge in [0.2, 0.25) is 0 Å². The van der Waals surface area contributed by atoms with Crippen LogP contribution in [-0.2, 0) is 9.53 Å². The second-order valence-electron chi connectivity index (χ2n) is 9.55. The Morgan fingerprint density at radius 3 is 2.57 bits per heavy atom. The molecule has 0 spiro atoms. The topological polar surface area (TPSA) is 135 Å². The predicted molar refractivity (Wildman–Crippen MR) is 162 cm³/mol. The number of methoxy groups -OCH3 is 1. The van der Waals surface area contributed by atoms with Crippen LogP contribution in [0.2, 0.25) is 0 Å². The number of carbonyl (C=O) groups is 2. The molecule has 11 nitrogen and oxygen atoms in total. The molecule has 222 valence electrons. The van der Waals surface area contributed by atoms with E-state index >= 15 is 0 Å². The van der Waals surface area contributed by atoms with Gasteiger partial charge in [0.15, 0.2) is 17.7 Å². The van der Waals surface area contributed by atoms with Crippen LogP contribution < -0.4 is 25.5 Å². The van der Waals surface area contributed by atoms with Crippen molar-refractivity contribution in [1.82, 2.24) is 20.6 Å². The zero-order chi connectivity index (χ0) is 30.4. The fraction of sp³-hybridized carbons (Fsp3) is 0.300. The molecule has 0 fully saturated rings. The van der Waals surface area contributed by atoms with Gasteiger partial charge in [0.1, 0.15) is 6.61 Å². The van der Waals surface area contributed by atoms with Crippen molar-refractivity contribution in [2.24, 2.45) is 5.10 Å². The summed E-state index contributed by atoms with van der Waals surface area (Å²) >= 11 is 3.47. The van der Waals surface area contributed by atoms with Gasteiger partial charge in [-0.1, -0.05) is 22.0 Å². The number of nitrogens with one attached hydrogen (secondary N) is 3. The molecular formula is C30H34BrN5O6. The highest BCUT2D eigenvalue weighted by Crippen LogP contribution is 2.35. The zero-order valence-corrected chi connectivity index (χ0v) is 25.6. The molecule has 2 amide bonds. The average Bonchev–Trinajstić information content (AvgIpc) is 3.24. The van der Waals surface area contributed by atoms with E-state index in [1.165, 1.54) is 7.11 Å². The molecule has 2 heterocycles. The van der Waals surface area contributed by atoms with Crippen LogP contribution in [0.15, 0.2) is 69.4 Å². The molecule has 0 saturated heterocycles. The first-order valence-electron chi connectivity index (χ1n) is 13.3. The SMILES string of the molecule is CCOc1cc([C@@H]2NC(=O)NC(C)=C2C(=O)OC)ccc1OC[C@@H](O)N/N=C/c1cc(C)n(-c2ccc(Br)cc2)c1C. The van der Waals surface area contributed by atoms with Gasteiger partial charge in [0, 0.05) is 32.8 Å². The molecule has 0 saturated carbocycles. The normalized spacial score (nSPS) is 15.7. The molecule has 1 aliphatic heterocycles. The summed E-state index contributed by atoms with van der Waals surface area (Å²) in [5, 5.41) is 20.0. The van der Waals surface area contributed by atoms with Gasteiger partial charge in [0.25, 0.3) is 0 Å². The van der Waals surface area contributed by atoms with Crippen molar-refractivity contribution >= 4 is 34.1 Å². The number of esters is 1. The predicted octanol–water partition coefficient (Wildman–Crippen LogP) is 4.38. The van der Waals surface area contributed by atoms with Gasteiger partial charge in [0.05, 0.1) is 31.5 Å². The second kappa shape index (κ2) is 13.6. The van der Waals surface area contributed by atoms with Crippen molar-refractivity contribution in [3.05, 3.63) is 86.8 Å². The lowest BCUT2D eigenvalue weighted by Gasteiger charge is -2.28. The Labute approximate surface area is 252 Å². The van der Waals surface area contributed by atoms with Gasteiger partial charge >= 0.3 is 12.0 Å². The summed E-state index contributed by atoms with van der Waals surface area (Å²) in [6.45, 7) is 7.72. The number of benzene rings is 2. The van der Waals surface area contributed by atoms with Gasteiger partial charge in [-0.15, -0.1) is 0 Å². The molecule has 4 N–H and O–H groups in total. The number of aliphatic hydroxyl groups is 1. The van der Waals surface area contributed by atoms with Gasteiger partial charge in [-0.3, -0.25) is 5.43 Å². The van der Waals surface area contributed by atoms with E-state index in [9.17, 15) is 14.7 Å². The number of hydrogen-bond acceptors (Lipinski definition) is 8. The molecule has 4 rings (SSSR count). The Hall–Kier alpha value is -4.29. The minimum Gasteiger partial charge on any atom is -0.490 e. The van der Waals surface area contributed by atoms with Crippen LogP contribution in [0.1, 0.15) is 42.4 Å². The molecule has 1 aliphatic rings. The van der Waals surface area contributed by atoms with E-state index in [0.29, 0.717) is 29.4 Å². The Kier molecular flexibility index (Phi) is 9.92. The number of ether oxygens (including phenoxy) is 3. The number of aliphatic hydroxyl groups excluding tert-OH is 1. The monoisotopic (exact) mass is 639 g/mol. The molecule has 3 aromatic rings. The fourth-order valence-corrected chi connectivity index (χ4v) is 4.99. The minimum absolute atomic E-state index is 0.120. The molecular weight excluding hydrogens is 606 g/mol. The van der Waals surface area contributed by atoms with E-state index < -0.39 is 24.3 Å². The van der Waals surface area contributed by atoms with Crippen molar-refractivity contribution in [2.75, 3.05) is 20.3 Å². The first kappa shape index (κ1) is 30.7. The summed E-state index contributed by atoms with van der Waals surface area (Å²) in [5.74, 6) is 0.207. The summed E-state index contributed by atoms with van der Waals surface area (Å²) in [6, 6.07) is 14.0. The van der Waals surface area contributed by atoms with Crippen LogP contribution in [0.25, 0.3) is 5.69 Å². The molecule has 0 radical (unpaired) electrons. The van der Waals surface area contributed by atoms with E-state index in [2.05, 4.69) is 41.7 Å². The third kappa shape index (κ3) is 6.94. The van der Waals surface area contributed by atoms with Gasteiger partial charge in [-0.05, 0) is 75.7 Å². The molecule has 0 aliphatic carbocycles. The Morgan fingerprint density at radius 1 is 1.14 bits per heavy atom. The second-order valence-corrected chi connectivity index (χ2v) is 10.5. The number of aromatic nitrogens is 1. The maximum Gasteiger partial charge on any atom is 0.337 e. The number of hydrogen-bond donors (Lipinski definition) is 4. The highest BCUT2D eigenvalue weighted by atomic mass is 79.9. The van der Waals surface area contributed by atoms with Gasteiger partial charge < -0.3 is 34.5 Å². The summed E-state index contributed by atoms with van der Waals surface area (Å²) in [7, 11) is 1.28. The maximum absolute atomic E-state index is 12.4. The molecule has 0 unspecified atom stereocenters. The fourth-order valence-electron chi connectivity index (χ4n) is 4.72. The van der Waals surface area contributed by atoms with Crippen LogP contribution in [-0.4, -0.2) is 54.4 Å². The number of amides is 2. The number of allylic oxidation sites excluding steroid dienone is 1. The van der Waals surface area contributed by atoms with Crippen LogP contribution >= 0.6 is 15.9 Å². The molecule has 42 heavy (non-hydrogen) atoms. The Balaban J connectivity index is 1.43. The van der Waals surface area contributed by atoms with E-state index in [1.807, 2.05) is 51.1 Å². The number of hydrazone groups is 1. The van der Waals surface area contributed by atoms with Crippen molar-refractivity contribution < 1.29 is 28.9 Å². The number of carbonyl (C=O) groups excluding carboxylic acids is 2. The number of halogens is 1. The third-order valence-electron chi connectivity index (χ3n) is 6.65. The molecule has 2 atom stereocenters. The summed E-state index contributed by atoms with van der Waals surface area (Å²) in [4.78, 5) is 24.6. The molecule has 1 aromatic heterocycles. The minimum atomic E-state index is -1.11. The summed E-state index contributed by atoms with van der Waals surface area (Å²) in [6.07, 6.45) is 0.550. The van der Waals surface area contributed by atoms with Crippen molar-refractivity contribution in [3.63, 3.8) is 0 Å². The smallest absolute Gasteiger partial charge is 0.337 e. The first-order chi connectivity index (χ1) is 20.1. The standard InChI is InChI=1S/C30H34BrN5O6/c1-6-41-25-14-20(28-27(29(38)40-5)18(3)33-30(39)34-28)7-12-24(25)42-16-26(37)35-32-15-21-13-17(2)36(19(21)4)23-10-8-22(31)9-11-23/h7-15,26,28,35,37H,6,16H2,1-5H3,(H2,33,34,39)/b32-15+/t26-,28+/m1/s1. The number of rotatable bonds is 11. The van der Waals surface area contributed by atoms with Crippen molar-refractivity contribution in [1.29, 1.82) is 0 Å². The third-order valence-corrected chi connectivity index (χ3v) is 7.18. The van der Waals surface area contributed by atoms with E-state index in [0.717, 1.165) is 27.1 Å². The number of urea groups is 1. The zero-order valence-electron chi connectivity index (χ0n) is 24.0. The van der Waals surface area contributed by atoms with E-state index in [1.54, 1.807) is 31.3 Å². The Bertz CT molecular complexity index is 1520. The molecule has 2 aromatic carbocycles. The van der Waals surface area contributed by atoms with Crippen LogP contribution in [0.3, 0.4) is 0 Å². The van der Waals surface area contributed by atoms with E-state index in [-0.39, 0.29) is 12.2 Å². The van der Waals surface area contributed by atoms with Crippen LogP contribution in [0, 0.1) is 13.8 Å². The lowest BCUT2D eigenvalue weighted by atomic mass is 9.95. The van der Waals surface area contributed by atoms with Crippen LogP contribution in [0.4, 0.5) is 4.79 Å². The highest BCUT2D eigenvalue weighted by molar-refractivity contribution is 9.10. The number of aryl methyl sites for hydroxylation is 1. The maximum atomic E-state index is 12.4. The average molecular weight is 641 g/mol. The van der Waals surface area contributed by atoms with Crippen molar-refractivity contribution in [3.8, 4) is 17.2 Å². The lowest BCUT2D eigenvalue weighted by Crippen LogP contribution is -2.45. The summed E-state index contributed by atoms with van der Waals surface area (Å²) < 4.78 is 19.6. The van der Waals surface area contributed by atoms with Gasteiger partial charge in [-0.2, -0.15) is 5.10 Å². The molecule has 12 heteroatoms. The first-order valence-corrected chi connectivity index (χ1v) is 14.1. The van der Waals surface area contributed by atoms with E-state index in [4.69, 9.17) is 14.2 Å². The quantitative estimate of drug-likeness (QED) is 0.106. The van der Waals surface area contributed by atoms with Crippen molar-refractivity contribution in [2.45, 2.75) is 40.0 Å². The number of nitrogens with zero attached hydrogens (tertiary/aromatic N) is 2. The lowest BCUT2D eigenvalue weighted by molar-refractivity contribution is -0.136. The largest absolute Gasteiger partial charge is 0.490 e. The van der Waals surface area contributed by atoms with Crippen LogP contribution in [0.5, 0.6) is 11.5 Å². The molecule has 0 bridgehead atoms. The highest BCUT2D eigenvalue weighted by Gasteiger charge is 2.32. The Morgan fingerprint density at radius 2 is 1.88 bits per heavy atom.